The number of primary amides is 1. The van der Waals surface area contributed by atoms with Crippen molar-refractivity contribution in [1.82, 2.24) is 0 Å². The Balaban J connectivity index is 2.07. The van der Waals surface area contributed by atoms with E-state index in [4.69, 9.17) is 5.73 Å². The van der Waals surface area contributed by atoms with E-state index >= 15 is 0 Å². The monoisotopic (exact) mass is 231 g/mol. The standard InChI is InChI=1S/C14H17NO2/c15-14(17)12-8-4-7-11(9-12)13(16)10-5-2-1-3-6-10/h1-3,5-6,11-12H,4,7-9H2,(H2,15,17). The van der Waals surface area contributed by atoms with Crippen molar-refractivity contribution in [3.63, 3.8) is 0 Å². The first kappa shape index (κ1) is 11.8. The molecule has 1 aromatic rings. The first-order valence-electron chi connectivity index (χ1n) is 6.07. The van der Waals surface area contributed by atoms with E-state index in [0.717, 1.165) is 24.8 Å². The highest BCUT2D eigenvalue weighted by atomic mass is 16.1. The van der Waals surface area contributed by atoms with Crippen LogP contribution in [0.2, 0.25) is 0 Å². The summed E-state index contributed by atoms with van der Waals surface area (Å²) in [5, 5.41) is 0. The van der Waals surface area contributed by atoms with Gasteiger partial charge in [0, 0.05) is 17.4 Å². The Labute approximate surface area is 101 Å². The fourth-order valence-corrected chi connectivity index (χ4v) is 2.52. The summed E-state index contributed by atoms with van der Waals surface area (Å²) >= 11 is 0. The van der Waals surface area contributed by atoms with Crippen LogP contribution >= 0.6 is 0 Å². The molecule has 0 aliphatic heterocycles. The minimum absolute atomic E-state index is 0.0383. The molecule has 0 aromatic heterocycles. The van der Waals surface area contributed by atoms with Gasteiger partial charge in [0.2, 0.25) is 5.91 Å². The zero-order valence-electron chi connectivity index (χ0n) is 9.76. The predicted molar refractivity (Wildman–Crippen MR) is 65.4 cm³/mol. The van der Waals surface area contributed by atoms with Gasteiger partial charge in [-0.2, -0.15) is 0 Å². The van der Waals surface area contributed by atoms with Crippen molar-refractivity contribution in [1.29, 1.82) is 0 Å². The molecule has 1 amide bonds. The van der Waals surface area contributed by atoms with E-state index in [0.29, 0.717) is 6.42 Å². The maximum absolute atomic E-state index is 12.2. The summed E-state index contributed by atoms with van der Waals surface area (Å²) in [6.07, 6.45) is 3.23. The molecule has 1 saturated carbocycles. The van der Waals surface area contributed by atoms with E-state index < -0.39 is 0 Å². The Bertz CT molecular complexity index is 413. The second-order valence-electron chi connectivity index (χ2n) is 4.69. The molecule has 2 rings (SSSR count). The Morgan fingerprint density at radius 1 is 1.06 bits per heavy atom. The number of amides is 1. The summed E-state index contributed by atoms with van der Waals surface area (Å²) < 4.78 is 0. The number of carbonyl (C=O) groups excluding carboxylic acids is 2. The molecule has 17 heavy (non-hydrogen) atoms. The zero-order chi connectivity index (χ0) is 12.3. The molecule has 2 atom stereocenters. The van der Waals surface area contributed by atoms with Crippen LogP contribution < -0.4 is 5.73 Å². The molecule has 0 bridgehead atoms. The van der Waals surface area contributed by atoms with Gasteiger partial charge < -0.3 is 5.73 Å². The maximum Gasteiger partial charge on any atom is 0.220 e. The van der Waals surface area contributed by atoms with Crippen molar-refractivity contribution in [2.24, 2.45) is 17.6 Å². The van der Waals surface area contributed by atoms with Gasteiger partial charge in [0.1, 0.15) is 0 Å². The quantitative estimate of drug-likeness (QED) is 0.810. The van der Waals surface area contributed by atoms with Crippen molar-refractivity contribution >= 4 is 11.7 Å². The minimum Gasteiger partial charge on any atom is -0.369 e. The van der Waals surface area contributed by atoms with Crippen LogP contribution in [0.5, 0.6) is 0 Å². The largest absolute Gasteiger partial charge is 0.369 e. The number of hydrogen-bond donors (Lipinski definition) is 1. The first-order valence-corrected chi connectivity index (χ1v) is 6.07. The summed E-state index contributed by atoms with van der Waals surface area (Å²) in [6, 6.07) is 9.28. The number of ketones is 1. The van der Waals surface area contributed by atoms with Gasteiger partial charge in [-0.25, -0.2) is 0 Å². The number of Topliss-reactive ketones (excluding diaryl/α,β-unsaturated/α-hetero) is 1. The van der Waals surface area contributed by atoms with Crippen LogP contribution in [0.4, 0.5) is 0 Å². The summed E-state index contributed by atoms with van der Waals surface area (Å²) in [5.74, 6) is -0.280. The van der Waals surface area contributed by atoms with Crippen LogP contribution in [-0.4, -0.2) is 11.7 Å². The molecule has 0 radical (unpaired) electrons. The molecule has 2 N–H and O–H groups in total. The third-order valence-electron chi connectivity index (χ3n) is 3.51. The topological polar surface area (TPSA) is 60.2 Å². The summed E-state index contributed by atoms with van der Waals surface area (Å²) in [6.45, 7) is 0. The molecular formula is C14H17NO2. The van der Waals surface area contributed by atoms with E-state index in [-0.39, 0.29) is 23.5 Å². The smallest absolute Gasteiger partial charge is 0.220 e. The van der Waals surface area contributed by atoms with Gasteiger partial charge in [-0.1, -0.05) is 36.8 Å². The SMILES string of the molecule is NC(=O)C1CCCC(C(=O)c2ccccc2)C1. The van der Waals surface area contributed by atoms with Gasteiger partial charge in [-0.05, 0) is 19.3 Å². The van der Waals surface area contributed by atoms with E-state index in [1.165, 1.54) is 0 Å². The summed E-state index contributed by atoms with van der Waals surface area (Å²) in [5.41, 5.74) is 6.06. The number of nitrogens with two attached hydrogens (primary N) is 1. The number of rotatable bonds is 3. The molecule has 3 heteroatoms. The van der Waals surface area contributed by atoms with E-state index in [9.17, 15) is 9.59 Å². The Morgan fingerprint density at radius 3 is 2.35 bits per heavy atom. The van der Waals surface area contributed by atoms with Gasteiger partial charge in [0.15, 0.2) is 5.78 Å². The Kier molecular flexibility index (Phi) is 3.57. The van der Waals surface area contributed by atoms with Gasteiger partial charge >= 0.3 is 0 Å². The lowest BCUT2D eigenvalue weighted by Crippen LogP contribution is -2.31. The van der Waals surface area contributed by atoms with Gasteiger partial charge in [-0.3, -0.25) is 9.59 Å². The highest BCUT2D eigenvalue weighted by Crippen LogP contribution is 2.31. The van der Waals surface area contributed by atoms with Gasteiger partial charge in [0.05, 0.1) is 0 Å². The van der Waals surface area contributed by atoms with Crippen molar-refractivity contribution in [2.45, 2.75) is 25.7 Å². The Hall–Kier alpha value is -1.64. The Morgan fingerprint density at radius 2 is 1.71 bits per heavy atom. The average molecular weight is 231 g/mol. The number of benzene rings is 1. The van der Waals surface area contributed by atoms with Crippen molar-refractivity contribution in [3.05, 3.63) is 35.9 Å². The predicted octanol–water partition coefficient (Wildman–Crippen LogP) is 2.16. The fraction of sp³-hybridized carbons (Fsp3) is 0.429. The lowest BCUT2D eigenvalue weighted by molar-refractivity contribution is -0.122. The molecule has 2 unspecified atom stereocenters. The molecule has 0 saturated heterocycles. The average Bonchev–Trinajstić information content (AvgIpc) is 2.39. The lowest BCUT2D eigenvalue weighted by atomic mass is 9.77. The van der Waals surface area contributed by atoms with Crippen LogP contribution in [-0.2, 0) is 4.79 Å². The van der Waals surface area contributed by atoms with Crippen molar-refractivity contribution in [2.75, 3.05) is 0 Å². The molecular weight excluding hydrogens is 214 g/mol. The molecule has 0 heterocycles. The number of carbonyl (C=O) groups is 2. The molecule has 1 aliphatic carbocycles. The van der Waals surface area contributed by atoms with E-state index in [1.807, 2.05) is 30.3 Å². The third-order valence-corrected chi connectivity index (χ3v) is 3.51. The lowest BCUT2D eigenvalue weighted by Gasteiger charge is -2.26. The van der Waals surface area contributed by atoms with Crippen LogP contribution in [0.3, 0.4) is 0 Å². The highest BCUT2D eigenvalue weighted by molar-refractivity contribution is 5.98. The van der Waals surface area contributed by atoms with Crippen LogP contribution in [0.1, 0.15) is 36.0 Å². The van der Waals surface area contributed by atoms with Crippen LogP contribution in [0, 0.1) is 11.8 Å². The first-order chi connectivity index (χ1) is 8.18. The molecule has 90 valence electrons. The van der Waals surface area contributed by atoms with E-state index in [1.54, 1.807) is 0 Å². The second kappa shape index (κ2) is 5.13. The molecule has 1 aliphatic rings. The normalized spacial score (nSPS) is 24.2. The van der Waals surface area contributed by atoms with Crippen molar-refractivity contribution < 1.29 is 9.59 Å². The molecule has 3 nitrogen and oxygen atoms in total. The van der Waals surface area contributed by atoms with E-state index in [2.05, 4.69) is 0 Å². The third kappa shape index (κ3) is 2.73. The minimum atomic E-state index is -0.268. The summed E-state index contributed by atoms with van der Waals surface area (Å²) in [4.78, 5) is 23.4. The van der Waals surface area contributed by atoms with Gasteiger partial charge in [-0.15, -0.1) is 0 Å². The maximum atomic E-state index is 12.2. The molecule has 1 fully saturated rings. The molecule has 0 spiro atoms. The zero-order valence-corrected chi connectivity index (χ0v) is 9.76. The second-order valence-corrected chi connectivity index (χ2v) is 4.69. The van der Waals surface area contributed by atoms with Gasteiger partial charge in [0.25, 0.3) is 0 Å². The fourth-order valence-electron chi connectivity index (χ4n) is 2.52. The van der Waals surface area contributed by atoms with Crippen molar-refractivity contribution in [3.8, 4) is 0 Å². The summed E-state index contributed by atoms with van der Waals surface area (Å²) in [7, 11) is 0. The van der Waals surface area contributed by atoms with Crippen LogP contribution in [0.25, 0.3) is 0 Å². The highest BCUT2D eigenvalue weighted by Gasteiger charge is 2.30. The molecule has 1 aromatic carbocycles. The van der Waals surface area contributed by atoms with Crippen LogP contribution in [0.15, 0.2) is 30.3 Å². The number of hydrogen-bond acceptors (Lipinski definition) is 2.